The van der Waals surface area contributed by atoms with Crippen molar-refractivity contribution in [3.63, 3.8) is 0 Å². The van der Waals surface area contributed by atoms with E-state index in [0.29, 0.717) is 5.39 Å². The molecule has 0 saturated heterocycles. The monoisotopic (exact) mass is 344 g/mol. The minimum atomic E-state index is -0.0722. The quantitative estimate of drug-likeness (QED) is 0.352. The molecule has 132 valence electrons. The first-order chi connectivity index (χ1) is 12.7. The van der Waals surface area contributed by atoms with Crippen LogP contribution in [0.15, 0.2) is 54.6 Å². The Morgan fingerprint density at radius 3 is 2.31 bits per heavy atom. The summed E-state index contributed by atoms with van der Waals surface area (Å²) in [6.07, 6.45) is 5.46. The minimum Gasteiger partial charge on any atom is -0.206 e. The van der Waals surface area contributed by atoms with Crippen LogP contribution in [-0.2, 0) is 6.42 Å². The van der Waals surface area contributed by atoms with Gasteiger partial charge in [-0.2, -0.15) is 0 Å². The number of fused-ring (bicyclic) bond motifs is 1. The van der Waals surface area contributed by atoms with Crippen molar-refractivity contribution in [1.82, 2.24) is 0 Å². The second-order valence-electron chi connectivity index (χ2n) is 6.90. The fourth-order valence-corrected chi connectivity index (χ4v) is 3.13. The van der Waals surface area contributed by atoms with Crippen LogP contribution in [0.2, 0.25) is 0 Å². The summed E-state index contributed by atoms with van der Waals surface area (Å²) in [6.45, 7) is 4.25. The first-order valence-corrected chi connectivity index (χ1v) is 9.47. The molecule has 0 nitrogen and oxygen atoms in total. The molecule has 0 aromatic heterocycles. The van der Waals surface area contributed by atoms with E-state index in [1.165, 1.54) is 24.8 Å². The molecule has 0 bridgehead atoms. The lowest BCUT2D eigenvalue weighted by molar-refractivity contribution is 0.603. The molecule has 3 rings (SSSR count). The standard InChI is InChI=1S/C25H25F/c1-3-4-5-6-7-22-15-16-23-18-21(14-17-24(23)25(22)26)13-12-20-10-8-19(2)9-11-20/h8-11,14-18H,3-7H2,1-2H3. The Bertz CT molecular complexity index is 940. The summed E-state index contributed by atoms with van der Waals surface area (Å²) in [5.41, 5.74) is 3.95. The number of benzene rings is 3. The van der Waals surface area contributed by atoms with Gasteiger partial charge >= 0.3 is 0 Å². The van der Waals surface area contributed by atoms with Crippen molar-refractivity contribution in [3.05, 3.63) is 82.7 Å². The van der Waals surface area contributed by atoms with E-state index in [2.05, 4.69) is 37.8 Å². The lowest BCUT2D eigenvalue weighted by Crippen LogP contribution is -1.93. The molecule has 0 spiro atoms. The maximum Gasteiger partial charge on any atom is 0.134 e. The van der Waals surface area contributed by atoms with Crippen molar-refractivity contribution in [2.45, 2.75) is 46.0 Å². The smallest absolute Gasteiger partial charge is 0.134 e. The highest BCUT2D eigenvalue weighted by Crippen LogP contribution is 2.23. The maximum absolute atomic E-state index is 14.8. The Kier molecular flexibility index (Phi) is 6.08. The van der Waals surface area contributed by atoms with Crippen LogP contribution in [0.3, 0.4) is 0 Å². The van der Waals surface area contributed by atoms with Crippen molar-refractivity contribution in [2.24, 2.45) is 0 Å². The van der Waals surface area contributed by atoms with Gasteiger partial charge in [0.05, 0.1) is 0 Å². The molecule has 0 N–H and O–H groups in total. The third-order valence-corrected chi connectivity index (χ3v) is 4.74. The maximum atomic E-state index is 14.8. The van der Waals surface area contributed by atoms with Crippen molar-refractivity contribution in [1.29, 1.82) is 0 Å². The molecule has 1 heteroatoms. The van der Waals surface area contributed by atoms with Gasteiger partial charge in [-0.15, -0.1) is 0 Å². The Balaban J connectivity index is 1.80. The molecule has 0 aliphatic heterocycles. The highest BCUT2D eigenvalue weighted by Gasteiger charge is 2.07. The molecule has 0 amide bonds. The summed E-state index contributed by atoms with van der Waals surface area (Å²) in [4.78, 5) is 0. The van der Waals surface area contributed by atoms with Crippen LogP contribution in [0.25, 0.3) is 10.8 Å². The molecular weight excluding hydrogens is 319 g/mol. The Morgan fingerprint density at radius 2 is 1.54 bits per heavy atom. The first-order valence-electron chi connectivity index (χ1n) is 9.47. The van der Waals surface area contributed by atoms with Crippen LogP contribution in [0.4, 0.5) is 4.39 Å². The zero-order chi connectivity index (χ0) is 18.4. The van der Waals surface area contributed by atoms with E-state index >= 15 is 0 Å². The van der Waals surface area contributed by atoms with Crippen LogP contribution >= 0.6 is 0 Å². The van der Waals surface area contributed by atoms with Gasteiger partial charge in [0, 0.05) is 16.5 Å². The number of halogens is 1. The Hall–Kier alpha value is -2.59. The van der Waals surface area contributed by atoms with Gasteiger partial charge in [-0.25, -0.2) is 4.39 Å². The van der Waals surface area contributed by atoms with E-state index in [-0.39, 0.29) is 5.82 Å². The molecule has 26 heavy (non-hydrogen) atoms. The van der Waals surface area contributed by atoms with E-state index < -0.39 is 0 Å². The van der Waals surface area contributed by atoms with Crippen molar-refractivity contribution < 1.29 is 4.39 Å². The predicted octanol–water partition coefficient (Wildman–Crippen LogP) is 6.81. The topological polar surface area (TPSA) is 0 Å². The summed E-state index contributed by atoms with van der Waals surface area (Å²) in [7, 11) is 0. The Morgan fingerprint density at radius 1 is 0.808 bits per heavy atom. The third kappa shape index (κ3) is 4.52. The van der Waals surface area contributed by atoms with E-state index in [4.69, 9.17) is 0 Å². The van der Waals surface area contributed by atoms with E-state index in [1.807, 2.05) is 42.5 Å². The lowest BCUT2D eigenvalue weighted by atomic mass is 10.00. The fourth-order valence-electron chi connectivity index (χ4n) is 3.13. The van der Waals surface area contributed by atoms with Crippen molar-refractivity contribution in [2.75, 3.05) is 0 Å². The SMILES string of the molecule is CCCCCCc1ccc2cc(C#Cc3ccc(C)cc3)ccc2c1F. The van der Waals surface area contributed by atoms with Gasteiger partial charge in [-0.3, -0.25) is 0 Å². The van der Waals surface area contributed by atoms with Gasteiger partial charge in [0.1, 0.15) is 5.82 Å². The molecule has 0 saturated carbocycles. The normalized spacial score (nSPS) is 10.6. The summed E-state index contributed by atoms with van der Waals surface area (Å²) >= 11 is 0. The number of aryl methyl sites for hydroxylation is 2. The van der Waals surface area contributed by atoms with Crippen LogP contribution in [-0.4, -0.2) is 0 Å². The third-order valence-electron chi connectivity index (χ3n) is 4.74. The minimum absolute atomic E-state index is 0.0722. The summed E-state index contributed by atoms with van der Waals surface area (Å²) in [5, 5.41) is 1.61. The zero-order valence-electron chi connectivity index (χ0n) is 15.6. The average molecular weight is 344 g/mol. The van der Waals surface area contributed by atoms with E-state index in [0.717, 1.165) is 34.9 Å². The largest absolute Gasteiger partial charge is 0.206 e. The first kappa shape index (κ1) is 18.2. The number of hydrogen-bond donors (Lipinski definition) is 0. The van der Waals surface area contributed by atoms with Gasteiger partial charge in [0.15, 0.2) is 0 Å². The molecule has 0 aliphatic rings. The molecule has 0 fully saturated rings. The number of hydrogen-bond acceptors (Lipinski definition) is 0. The number of rotatable bonds is 5. The van der Waals surface area contributed by atoms with Crippen molar-refractivity contribution >= 4 is 10.8 Å². The van der Waals surface area contributed by atoms with Gasteiger partial charge in [0.25, 0.3) is 0 Å². The molecule has 3 aromatic rings. The van der Waals surface area contributed by atoms with Crippen LogP contribution in [0, 0.1) is 24.6 Å². The molecule has 0 unspecified atom stereocenters. The van der Waals surface area contributed by atoms with Gasteiger partial charge in [0.2, 0.25) is 0 Å². The average Bonchev–Trinajstić information content (AvgIpc) is 2.66. The summed E-state index contributed by atoms with van der Waals surface area (Å²) < 4.78 is 14.8. The van der Waals surface area contributed by atoms with Crippen LogP contribution < -0.4 is 0 Å². The van der Waals surface area contributed by atoms with Crippen molar-refractivity contribution in [3.8, 4) is 11.8 Å². The summed E-state index contributed by atoms with van der Waals surface area (Å²) in [5.74, 6) is 6.29. The van der Waals surface area contributed by atoms with Gasteiger partial charge < -0.3 is 0 Å². The second kappa shape index (κ2) is 8.68. The molecule has 0 radical (unpaired) electrons. The zero-order valence-corrected chi connectivity index (χ0v) is 15.6. The molecule has 0 heterocycles. The van der Waals surface area contributed by atoms with Gasteiger partial charge in [-0.1, -0.05) is 73.9 Å². The molecular formula is C25H25F. The Labute approximate surface area is 156 Å². The highest BCUT2D eigenvalue weighted by atomic mass is 19.1. The van der Waals surface area contributed by atoms with Crippen LogP contribution in [0.5, 0.6) is 0 Å². The fraction of sp³-hybridized carbons (Fsp3) is 0.280. The van der Waals surface area contributed by atoms with E-state index in [9.17, 15) is 4.39 Å². The predicted molar refractivity (Wildman–Crippen MR) is 109 cm³/mol. The highest BCUT2D eigenvalue weighted by molar-refractivity contribution is 5.85. The number of unbranched alkanes of at least 4 members (excludes halogenated alkanes) is 3. The van der Waals surface area contributed by atoms with E-state index in [1.54, 1.807) is 0 Å². The summed E-state index contributed by atoms with van der Waals surface area (Å²) in [6, 6.07) is 17.9. The molecule has 3 aromatic carbocycles. The molecule has 0 aliphatic carbocycles. The van der Waals surface area contributed by atoms with Crippen LogP contribution in [0.1, 0.15) is 54.9 Å². The lowest BCUT2D eigenvalue weighted by Gasteiger charge is -2.07. The second-order valence-corrected chi connectivity index (χ2v) is 6.90. The van der Waals surface area contributed by atoms with Gasteiger partial charge in [-0.05, 0) is 55.0 Å². The molecule has 0 atom stereocenters.